The molecule has 0 heterocycles. The van der Waals surface area contributed by atoms with E-state index in [-0.39, 0.29) is 5.75 Å². The van der Waals surface area contributed by atoms with Crippen LogP contribution in [0.1, 0.15) is 5.56 Å². The summed E-state index contributed by atoms with van der Waals surface area (Å²) in [4.78, 5) is 21.0. The van der Waals surface area contributed by atoms with Gasteiger partial charge in [0, 0.05) is 17.6 Å². The van der Waals surface area contributed by atoms with Crippen LogP contribution in [-0.4, -0.2) is 36.4 Å². The molecule has 19 heavy (non-hydrogen) atoms. The van der Waals surface area contributed by atoms with Crippen molar-refractivity contribution in [3.05, 3.63) is 29.6 Å². The van der Waals surface area contributed by atoms with Crippen LogP contribution in [0.3, 0.4) is 0 Å². The Morgan fingerprint density at radius 2 is 2.37 bits per heavy atom. The molecule has 0 aliphatic carbocycles. The second-order valence-electron chi connectivity index (χ2n) is 3.65. The summed E-state index contributed by atoms with van der Waals surface area (Å²) in [5.74, 6) is -0.603. The zero-order valence-corrected chi connectivity index (χ0v) is 11.1. The zero-order chi connectivity index (χ0) is 14.3. The summed E-state index contributed by atoms with van der Waals surface area (Å²) < 4.78 is 18.5. The normalized spacial score (nSPS) is 11.7. The van der Waals surface area contributed by atoms with Crippen molar-refractivity contribution in [3.8, 4) is 5.75 Å². The number of aliphatic carboxylic acids is 1. The van der Waals surface area contributed by atoms with Crippen LogP contribution in [-0.2, 0) is 15.3 Å². The highest BCUT2D eigenvalue weighted by molar-refractivity contribution is 7.98. The quantitative estimate of drug-likeness (QED) is 0.704. The predicted octanol–water partition coefficient (Wildman–Crippen LogP) is 1.27. The van der Waals surface area contributed by atoms with Crippen LogP contribution in [0.2, 0.25) is 0 Å². The largest absolute Gasteiger partial charge is 0.497 e. The number of nitrogens with one attached hydrogen (secondary N) is 1. The van der Waals surface area contributed by atoms with Gasteiger partial charge in [0.05, 0.1) is 7.11 Å². The van der Waals surface area contributed by atoms with Crippen LogP contribution in [0.5, 0.6) is 5.75 Å². The van der Waals surface area contributed by atoms with E-state index < -0.39 is 17.8 Å². The Morgan fingerprint density at radius 3 is 2.89 bits per heavy atom. The van der Waals surface area contributed by atoms with E-state index in [9.17, 15) is 14.0 Å². The Hall–Kier alpha value is -1.76. The number of methoxy groups -OCH3 is 1. The molecule has 5 nitrogen and oxygen atoms in total. The Balaban J connectivity index is 2.52. The molecule has 0 spiro atoms. The summed E-state index contributed by atoms with van der Waals surface area (Å²) in [6, 6.07) is 3.53. The van der Waals surface area contributed by atoms with Gasteiger partial charge in [-0.05, 0) is 11.6 Å². The minimum absolute atomic E-state index is 0.166. The first-order valence-corrected chi connectivity index (χ1v) is 6.56. The number of rotatable bonds is 8. The first-order valence-electron chi connectivity index (χ1n) is 5.41. The van der Waals surface area contributed by atoms with E-state index in [2.05, 4.69) is 5.32 Å². The fourth-order valence-corrected chi connectivity index (χ4v) is 2.38. The Labute approximate surface area is 114 Å². The van der Waals surface area contributed by atoms with E-state index in [0.29, 0.717) is 23.5 Å². The van der Waals surface area contributed by atoms with E-state index >= 15 is 0 Å². The number of benzene rings is 1. The molecule has 1 atom stereocenters. The second-order valence-corrected chi connectivity index (χ2v) is 4.68. The number of thioether (sulfide) groups is 1. The monoisotopic (exact) mass is 287 g/mol. The van der Waals surface area contributed by atoms with Gasteiger partial charge in [0.2, 0.25) is 6.41 Å². The molecule has 0 aliphatic rings. The van der Waals surface area contributed by atoms with Crippen molar-refractivity contribution in [1.82, 2.24) is 5.32 Å². The summed E-state index contributed by atoms with van der Waals surface area (Å²) in [6.45, 7) is 0. The third-order valence-electron chi connectivity index (χ3n) is 2.37. The molecule has 0 bridgehead atoms. The van der Waals surface area contributed by atoms with Gasteiger partial charge in [0.25, 0.3) is 0 Å². The molecule has 1 aromatic carbocycles. The zero-order valence-electron chi connectivity index (χ0n) is 10.3. The van der Waals surface area contributed by atoms with Crippen molar-refractivity contribution in [1.29, 1.82) is 0 Å². The third-order valence-corrected chi connectivity index (χ3v) is 3.45. The minimum Gasteiger partial charge on any atom is -0.497 e. The molecule has 0 aromatic heterocycles. The highest BCUT2D eigenvalue weighted by Crippen LogP contribution is 2.20. The maximum Gasteiger partial charge on any atom is 0.327 e. The van der Waals surface area contributed by atoms with Crippen LogP contribution in [0.25, 0.3) is 0 Å². The van der Waals surface area contributed by atoms with Crippen LogP contribution in [0.4, 0.5) is 4.39 Å². The second kappa shape index (κ2) is 7.63. The molecule has 104 valence electrons. The standard InChI is InChI=1S/C12H14FNO4S/c1-18-9-3-2-8(10(13)4-9)5-19-6-11(12(16)17)14-7-15/h2-4,7,11H,5-6H2,1H3,(H,14,15)(H,16,17). The van der Waals surface area contributed by atoms with Gasteiger partial charge >= 0.3 is 5.97 Å². The molecule has 0 saturated carbocycles. The predicted molar refractivity (Wildman–Crippen MR) is 69.7 cm³/mol. The van der Waals surface area contributed by atoms with Crippen LogP contribution in [0.15, 0.2) is 18.2 Å². The Morgan fingerprint density at radius 1 is 1.63 bits per heavy atom. The lowest BCUT2D eigenvalue weighted by Crippen LogP contribution is -2.37. The molecule has 2 N–H and O–H groups in total. The molecule has 1 aromatic rings. The Kier molecular flexibility index (Phi) is 6.14. The number of amides is 1. The lowest BCUT2D eigenvalue weighted by molar-refractivity contribution is -0.139. The van der Waals surface area contributed by atoms with Gasteiger partial charge in [-0.25, -0.2) is 9.18 Å². The van der Waals surface area contributed by atoms with E-state index in [4.69, 9.17) is 9.84 Å². The van der Waals surface area contributed by atoms with Crippen molar-refractivity contribution >= 4 is 24.1 Å². The van der Waals surface area contributed by atoms with Gasteiger partial charge < -0.3 is 15.2 Å². The molecule has 0 radical (unpaired) electrons. The number of carbonyl (C=O) groups is 2. The molecule has 0 aliphatic heterocycles. The van der Waals surface area contributed by atoms with Crippen LogP contribution >= 0.6 is 11.8 Å². The van der Waals surface area contributed by atoms with Crippen molar-refractivity contribution in [2.24, 2.45) is 0 Å². The summed E-state index contributed by atoms with van der Waals surface area (Å²) in [7, 11) is 1.45. The molecule has 1 unspecified atom stereocenters. The Bertz CT molecular complexity index is 455. The van der Waals surface area contributed by atoms with E-state index in [0.717, 1.165) is 0 Å². The number of ether oxygens (including phenoxy) is 1. The fraction of sp³-hybridized carbons (Fsp3) is 0.333. The van der Waals surface area contributed by atoms with E-state index in [1.54, 1.807) is 12.1 Å². The van der Waals surface area contributed by atoms with Gasteiger partial charge in [-0.1, -0.05) is 6.07 Å². The molecular weight excluding hydrogens is 273 g/mol. The summed E-state index contributed by atoms with van der Waals surface area (Å²) in [5.41, 5.74) is 0.459. The van der Waals surface area contributed by atoms with Crippen molar-refractivity contribution < 1.29 is 23.8 Å². The van der Waals surface area contributed by atoms with Crippen molar-refractivity contribution in [2.75, 3.05) is 12.9 Å². The van der Waals surface area contributed by atoms with Crippen molar-refractivity contribution in [2.45, 2.75) is 11.8 Å². The summed E-state index contributed by atoms with van der Waals surface area (Å²) in [5, 5.41) is 11.0. The van der Waals surface area contributed by atoms with Crippen molar-refractivity contribution in [3.63, 3.8) is 0 Å². The number of carboxylic acids is 1. The SMILES string of the molecule is COc1ccc(CSCC(NC=O)C(=O)O)c(F)c1. The molecule has 1 rings (SSSR count). The number of hydrogen-bond donors (Lipinski definition) is 2. The average molecular weight is 287 g/mol. The lowest BCUT2D eigenvalue weighted by Gasteiger charge is -2.11. The highest BCUT2D eigenvalue weighted by atomic mass is 32.2. The molecule has 0 saturated heterocycles. The number of halogens is 1. The maximum atomic E-state index is 13.6. The molecule has 1 amide bonds. The number of carbonyl (C=O) groups excluding carboxylic acids is 1. The van der Waals surface area contributed by atoms with Gasteiger partial charge in [-0.3, -0.25) is 4.79 Å². The first kappa shape index (κ1) is 15.3. The van der Waals surface area contributed by atoms with Crippen LogP contribution in [0, 0.1) is 5.82 Å². The van der Waals surface area contributed by atoms with Crippen LogP contribution < -0.4 is 10.1 Å². The van der Waals surface area contributed by atoms with Gasteiger partial charge in [-0.2, -0.15) is 11.8 Å². The van der Waals surface area contributed by atoms with Gasteiger partial charge in [-0.15, -0.1) is 0 Å². The number of carboxylic acid groups (broad SMARTS) is 1. The van der Waals surface area contributed by atoms with E-state index in [1.165, 1.54) is 24.9 Å². The first-order chi connectivity index (χ1) is 9.08. The smallest absolute Gasteiger partial charge is 0.327 e. The molecular formula is C12H14FNO4S. The fourth-order valence-electron chi connectivity index (χ4n) is 1.33. The van der Waals surface area contributed by atoms with Gasteiger partial charge in [0.1, 0.15) is 17.6 Å². The minimum atomic E-state index is -1.12. The maximum absolute atomic E-state index is 13.6. The molecule has 0 fully saturated rings. The molecule has 7 heteroatoms. The highest BCUT2D eigenvalue weighted by Gasteiger charge is 2.16. The average Bonchev–Trinajstić information content (AvgIpc) is 2.39. The van der Waals surface area contributed by atoms with Gasteiger partial charge in [0.15, 0.2) is 0 Å². The third kappa shape index (κ3) is 4.78. The topological polar surface area (TPSA) is 75.6 Å². The number of hydrogen-bond acceptors (Lipinski definition) is 4. The van der Waals surface area contributed by atoms with E-state index in [1.807, 2.05) is 0 Å². The lowest BCUT2D eigenvalue weighted by atomic mass is 10.2. The summed E-state index contributed by atoms with van der Waals surface area (Å²) in [6.07, 6.45) is 0.341. The summed E-state index contributed by atoms with van der Waals surface area (Å²) >= 11 is 1.23.